The molecule has 0 bridgehead atoms. The van der Waals surface area contributed by atoms with E-state index in [1.54, 1.807) is 0 Å². The lowest BCUT2D eigenvalue weighted by molar-refractivity contribution is 0.0794. The third-order valence-corrected chi connectivity index (χ3v) is 8.28. The van der Waals surface area contributed by atoms with Crippen LogP contribution in [0, 0.1) is 5.92 Å². The zero-order valence-electron chi connectivity index (χ0n) is 18.6. The lowest BCUT2D eigenvalue weighted by Gasteiger charge is -2.36. The van der Waals surface area contributed by atoms with Crippen LogP contribution in [-0.4, -0.2) is 73.8 Å². The zero-order chi connectivity index (χ0) is 19.7. The van der Waals surface area contributed by atoms with Crippen molar-refractivity contribution in [2.45, 2.75) is 75.5 Å². The molecule has 2 N–H and O–H groups in total. The van der Waals surface area contributed by atoms with Crippen molar-refractivity contribution < 1.29 is 4.74 Å². The van der Waals surface area contributed by atoms with Gasteiger partial charge in [0.05, 0.1) is 6.54 Å². The van der Waals surface area contributed by atoms with Gasteiger partial charge in [-0.1, -0.05) is 19.3 Å². The molecule has 0 unspecified atom stereocenters. The average molecular weight is 539 g/mol. The van der Waals surface area contributed by atoms with Gasteiger partial charge in [0.1, 0.15) is 0 Å². The standard InChI is InChI=1S/C22H42N4OS.HI/c1-3-23-21(24-18-22(28-2)11-15-27-16-12-22)25-20-9-13-26(14-10-20)17-19-7-5-4-6-8-19;/h19-20H,3-18H2,1-2H3,(H2,23,24,25);1H. The first-order valence-electron chi connectivity index (χ1n) is 11.6. The Balaban J connectivity index is 0.00000300. The molecule has 0 aromatic carbocycles. The Labute approximate surface area is 200 Å². The molecule has 0 radical (unpaired) electrons. The minimum Gasteiger partial charge on any atom is -0.381 e. The van der Waals surface area contributed by atoms with E-state index in [0.29, 0.717) is 6.04 Å². The van der Waals surface area contributed by atoms with Crippen LogP contribution in [0.4, 0.5) is 0 Å². The number of aliphatic imine (C=N–C) groups is 1. The summed E-state index contributed by atoms with van der Waals surface area (Å²) in [7, 11) is 0. The van der Waals surface area contributed by atoms with E-state index in [1.165, 1.54) is 64.6 Å². The Morgan fingerprint density at radius 3 is 2.41 bits per heavy atom. The van der Waals surface area contributed by atoms with Crippen molar-refractivity contribution in [1.82, 2.24) is 15.5 Å². The van der Waals surface area contributed by atoms with Crippen molar-refractivity contribution >= 4 is 41.7 Å². The smallest absolute Gasteiger partial charge is 0.191 e. The molecule has 3 aliphatic rings. The van der Waals surface area contributed by atoms with Crippen LogP contribution in [0.3, 0.4) is 0 Å². The summed E-state index contributed by atoms with van der Waals surface area (Å²) in [6.45, 7) is 9.51. The second-order valence-corrected chi connectivity index (χ2v) is 10.2. The number of piperidine rings is 1. The average Bonchev–Trinajstić information content (AvgIpc) is 2.75. The third-order valence-electron chi connectivity index (χ3n) is 6.88. The number of likely N-dealkylation sites (tertiary alicyclic amines) is 1. The third kappa shape index (κ3) is 8.37. The first-order chi connectivity index (χ1) is 13.7. The summed E-state index contributed by atoms with van der Waals surface area (Å²) in [4.78, 5) is 7.70. The summed E-state index contributed by atoms with van der Waals surface area (Å²) in [5.74, 6) is 1.97. The molecule has 29 heavy (non-hydrogen) atoms. The number of rotatable bonds is 7. The van der Waals surface area contributed by atoms with Crippen LogP contribution in [0.1, 0.15) is 64.7 Å². The number of hydrogen-bond acceptors (Lipinski definition) is 4. The largest absolute Gasteiger partial charge is 0.381 e. The molecule has 170 valence electrons. The molecule has 0 aromatic heterocycles. The summed E-state index contributed by atoms with van der Waals surface area (Å²) in [5.41, 5.74) is 0. The molecule has 3 rings (SSSR count). The number of ether oxygens (including phenoxy) is 1. The second-order valence-electron chi connectivity index (χ2n) is 8.92. The van der Waals surface area contributed by atoms with E-state index >= 15 is 0 Å². The SMILES string of the molecule is CCNC(=NCC1(SC)CCOCC1)NC1CCN(CC2CCCCC2)CC1.I. The van der Waals surface area contributed by atoms with Crippen LogP contribution in [-0.2, 0) is 4.74 Å². The van der Waals surface area contributed by atoms with Crippen LogP contribution < -0.4 is 10.6 Å². The summed E-state index contributed by atoms with van der Waals surface area (Å²) in [5, 5.41) is 7.21. The molecule has 3 fully saturated rings. The lowest BCUT2D eigenvalue weighted by atomic mass is 9.88. The molecular weight excluding hydrogens is 495 g/mol. The van der Waals surface area contributed by atoms with E-state index in [-0.39, 0.29) is 28.7 Å². The van der Waals surface area contributed by atoms with Gasteiger partial charge in [-0.2, -0.15) is 11.8 Å². The zero-order valence-corrected chi connectivity index (χ0v) is 21.7. The van der Waals surface area contributed by atoms with Gasteiger partial charge < -0.3 is 20.3 Å². The number of guanidine groups is 1. The van der Waals surface area contributed by atoms with Crippen LogP contribution in [0.5, 0.6) is 0 Å². The predicted octanol–water partition coefficient (Wildman–Crippen LogP) is 4.12. The van der Waals surface area contributed by atoms with E-state index in [2.05, 4.69) is 28.7 Å². The Bertz CT molecular complexity index is 473. The Hall–Kier alpha value is 0.270. The molecular formula is C22H43IN4OS. The number of thioether (sulfide) groups is 1. The minimum atomic E-state index is 0. The highest BCUT2D eigenvalue weighted by Crippen LogP contribution is 2.34. The van der Waals surface area contributed by atoms with Crippen molar-refractivity contribution in [3.8, 4) is 0 Å². The second kappa shape index (κ2) is 13.6. The van der Waals surface area contributed by atoms with Gasteiger partial charge in [0.2, 0.25) is 0 Å². The molecule has 2 saturated heterocycles. The number of halogens is 1. The van der Waals surface area contributed by atoms with Gasteiger partial charge in [-0.25, -0.2) is 0 Å². The van der Waals surface area contributed by atoms with Crippen LogP contribution in [0.25, 0.3) is 0 Å². The van der Waals surface area contributed by atoms with Gasteiger partial charge in [-0.3, -0.25) is 4.99 Å². The predicted molar refractivity (Wildman–Crippen MR) is 137 cm³/mol. The molecule has 0 aromatic rings. The van der Waals surface area contributed by atoms with Gasteiger partial charge in [-0.05, 0) is 57.6 Å². The fourth-order valence-corrected chi connectivity index (χ4v) is 5.67. The number of nitrogens with one attached hydrogen (secondary N) is 2. The highest BCUT2D eigenvalue weighted by atomic mass is 127. The fourth-order valence-electron chi connectivity index (χ4n) is 4.90. The van der Waals surface area contributed by atoms with Crippen LogP contribution in [0.2, 0.25) is 0 Å². The summed E-state index contributed by atoms with van der Waals surface area (Å²) >= 11 is 1.97. The van der Waals surface area contributed by atoms with E-state index < -0.39 is 0 Å². The van der Waals surface area contributed by atoms with E-state index in [1.807, 2.05) is 11.8 Å². The van der Waals surface area contributed by atoms with Crippen LogP contribution in [0.15, 0.2) is 4.99 Å². The van der Waals surface area contributed by atoms with Gasteiger partial charge in [-0.15, -0.1) is 24.0 Å². The monoisotopic (exact) mass is 538 g/mol. The van der Waals surface area contributed by atoms with Gasteiger partial charge >= 0.3 is 0 Å². The van der Waals surface area contributed by atoms with Crippen molar-refractivity contribution in [3.63, 3.8) is 0 Å². The number of nitrogens with zero attached hydrogens (tertiary/aromatic N) is 2. The highest BCUT2D eigenvalue weighted by molar-refractivity contribution is 14.0. The highest BCUT2D eigenvalue weighted by Gasteiger charge is 2.32. The van der Waals surface area contributed by atoms with Crippen molar-refractivity contribution in [1.29, 1.82) is 0 Å². The molecule has 0 spiro atoms. The Morgan fingerprint density at radius 2 is 1.79 bits per heavy atom. The quantitative estimate of drug-likeness (QED) is 0.290. The van der Waals surface area contributed by atoms with Crippen molar-refractivity contribution in [3.05, 3.63) is 0 Å². The molecule has 1 aliphatic carbocycles. The van der Waals surface area contributed by atoms with E-state index in [0.717, 1.165) is 51.0 Å². The summed E-state index contributed by atoms with van der Waals surface area (Å²) < 4.78 is 5.82. The summed E-state index contributed by atoms with van der Waals surface area (Å²) in [6.07, 6.45) is 14.2. The maximum absolute atomic E-state index is 5.57. The molecule has 7 heteroatoms. The van der Waals surface area contributed by atoms with Gasteiger partial charge in [0.15, 0.2) is 5.96 Å². The first kappa shape index (κ1) is 25.5. The molecule has 1 saturated carbocycles. The normalized spacial score (nSPS) is 24.7. The Morgan fingerprint density at radius 1 is 1.10 bits per heavy atom. The van der Waals surface area contributed by atoms with Crippen molar-refractivity contribution in [2.75, 3.05) is 52.2 Å². The van der Waals surface area contributed by atoms with Gasteiger partial charge in [0.25, 0.3) is 0 Å². The maximum Gasteiger partial charge on any atom is 0.191 e. The lowest BCUT2D eigenvalue weighted by Crippen LogP contribution is -2.50. The topological polar surface area (TPSA) is 48.9 Å². The summed E-state index contributed by atoms with van der Waals surface area (Å²) in [6, 6.07) is 0.556. The molecule has 5 nitrogen and oxygen atoms in total. The molecule has 0 atom stereocenters. The van der Waals surface area contributed by atoms with Crippen LogP contribution >= 0.6 is 35.7 Å². The Kier molecular flexibility index (Phi) is 12.0. The van der Waals surface area contributed by atoms with Gasteiger partial charge in [0, 0.05) is 50.2 Å². The van der Waals surface area contributed by atoms with Crippen molar-refractivity contribution in [2.24, 2.45) is 10.9 Å². The number of hydrogen-bond donors (Lipinski definition) is 2. The van der Waals surface area contributed by atoms with E-state index in [9.17, 15) is 0 Å². The minimum absolute atomic E-state index is 0. The fraction of sp³-hybridized carbons (Fsp3) is 0.955. The molecule has 2 heterocycles. The first-order valence-corrected chi connectivity index (χ1v) is 12.9. The van der Waals surface area contributed by atoms with E-state index in [4.69, 9.17) is 9.73 Å². The maximum atomic E-state index is 5.57. The molecule has 0 amide bonds. The molecule has 2 aliphatic heterocycles.